The van der Waals surface area contributed by atoms with Crippen molar-refractivity contribution in [1.29, 1.82) is 0 Å². The minimum Gasteiger partial charge on any atom is -0.444 e. The van der Waals surface area contributed by atoms with Crippen LogP contribution in [0.15, 0.2) is 60.7 Å². The van der Waals surface area contributed by atoms with Crippen molar-refractivity contribution in [3.05, 3.63) is 71.8 Å². The van der Waals surface area contributed by atoms with E-state index in [2.05, 4.69) is 16.0 Å². The van der Waals surface area contributed by atoms with Crippen molar-refractivity contribution in [2.45, 2.75) is 51.3 Å². The summed E-state index contributed by atoms with van der Waals surface area (Å²) in [6.45, 7) is 5.25. The van der Waals surface area contributed by atoms with Gasteiger partial charge in [-0.2, -0.15) is 0 Å². The van der Waals surface area contributed by atoms with Gasteiger partial charge in [-0.05, 0) is 31.9 Å². The van der Waals surface area contributed by atoms with Crippen LogP contribution >= 0.6 is 0 Å². The minimum atomic E-state index is -0.903. The second-order valence-electron chi connectivity index (χ2n) is 8.25. The van der Waals surface area contributed by atoms with Crippen molar-refractivity contribution >= 4 is 17.9 Å². The molecule has 2 aromatic carbocycles. The average molecular weight is 426 g/mol. The maximum absolute atomic E-state index is 13.1. The van der Waals surface area contributed by atoms with Crippen molar-refractivity contribution in [1.82, 2.24) is 16.0 Å². The first-order valence-electron chi connectivity index (χ1n) is 10.3. The number of carbonyl (C=O) groups excluding carboxylic acids is 3. The first-order chi connectivity index (χ1) is 14.7. The van der Waals surface area contributed by atoms with E-state index >= 15 is 0 Å². The van der Waals surface area contributed by atoms with E-state index in [0.29, 0.717) is 6.42 Å². The number of alkyl carbamates (subject to hydrolysis) is 1. The SMILES string of the molecule is CNC(=O)[C@@H](Cc1ccccc1)NC(=O)[C@H](Cc1ccccc1)NC(=O)OC(C)(C)C. The maximum Gasteiger partial charge on any atom is 0.408 e. The highest BCUT2D eigenvalue weighted by Crippen LogP contribution is 2.10. The first kappa shape index (κ1) is 23.9. The molecule has 0 heterocycles. The number of likely N-dealkylation sites (N-methyl/N-ethyl adjacent to an activating group) is 1. The molecule has 2 atom stereocenters. The lowest BCUT2D eigenvalue weighted by molar-refractivity contribution is -0.129. The van der Waals surface area contributed by atoms with Gasteiger partial charge in [0.2, 0.25) is 11.8 Å². The molecule has 7 heteroatoms. The Bertz CT molecular complexity index is 863. The van der Waals surface area contributed by atoms with Gasteiger partial charge in [-0.3, -0.25) is 9.59 Å². The topological polar surface area (TPSA) is 96.5 Å². The molecule has 0 spiro atoms. The third-order valence-corrected chi connectivity index (χ3v) is 4.45. The Kier molecular flexibility index (Phi) is 8.61. The van der Waals surface area contributed by atoms with Crippen LogP contribution in [0.2, 0.25) is 0 Å². The van der Waals surface area contributed by atoms with Gasteiger partial charge in [-0.1, -0.05) is 60.7 Å². The van der Waals surface area contributed by atoms with Gasteiger partial charge in [0.15, 0.2) is 0 Å². The zero-order valence-electron chi connectivity index (χ0n) is 18.5. The van der Waals surface area contributed by atoms with Gasteiger partial charge in [0, 0.05) is 19.9 Å². The van der Waals surface area contributed by atoms with Crippen LogP contribution in [-0.4, -0.2) is 42.6 Å². The summed E-state index contributed by atoms with van der Waals surface area (Å²) < 4.78 is 5.32. The zero-order valence-corrected chi connectivity index (χ0v) is 18.5. The molecule has 0 bridgehead atoms. The molecule has 2 rings (SSSR count). The average Bonchev–Trinajstić information content (AvgIpc) is 2.72. The van der Waals surface area contributed by atoms with E-state index in [1.807, 2.05) is 60.7 Å². The fraction of sp³-hybridized carbons (Fsp3) is 0.375. The molecule has 0 saturated carbocycles. The van der Waals surface area contributed by atoms with Gasteiger partial charge in [0.1, 0.15) is 17.7 Å². The molecule has 166 valence electrons. The molecule has 3 amide bonds. The van der Waals surface area contributed by atoms with Crippen molar-refractivity contribution in [3.8, 4) is 0 Å². The molecule has 0 saturated heterocycles. The van der Waals surface area contributed by atoms with Crippen LogP contribution in [0.3, 0.4) is 0 Å². The quantitative estimate of drug-likeness (QED) is 0.606. The predicted molar refractivity (Wildman–Crippen MR) is 119 cm³/mol. The lowest BCUT2D eigenvalue weighted by Gasteiger charge is -2.25. The summed E-state index contributed by atoms with van der Waals surface area (Å²) in [4.78, 5) is 37.9. The highest BCUT2D eigenvalue weighted by molar-refractivity contribution is 5.91. The van der Waals surface area contributed by atoms with E-state index in [4.69, 9.17) is 4.74 Å². The number of ether oxygens (including phenoxy) is 1. The normalized spacial score (nSPS) is 12.9. The van der Waals surface area contributed by atoms with Crippen LogP contribution in [0.25, 0.3) is 0 Å². The van der Waals surface area contributed by atoms with Crippen LogP contribution in [0.1, 0.15) is 31.9 Å². The smallest absolute Gasteiger partial charge is 0.408 e. The Hall–Kier alpha value is -3.35. The second kappa shape index (κ2) is 11.2. The standard InChI is InChI=1S/C24H31N3O4/c1-24(2,3)31-23(30)27-20(16-18-13-9-6-10-14-18)22(29)26-19(21(28)25-4)15-17-11-7-5-8-12-17/h5-14,19-20H,15-16H2,1-4H3,(H,25,28)(H,26,29)(H,27,30)/t19-,20+/m1/s1. The fourth-order valence-electron chi connectivity index (χ4n) is 3.01. The summed E-state index contributed by atoms with van der Waals surface area (Å²) in [5.41, 5.74) is 1.09. The van der Waals surface area contributed by atoms with Crippen LogP contribution in [0, 0.1) is 0 Å². The number of amides is 3. The Labute approximate surface area is 183 Å². The third kappa shape index (κ3) is 8.50. The summed E-state index contributed by atoms with van der Waals surface area (Å²) in [5.74, 6) is -0.771. The van der Waals surface area contributed by atoms with Gasteiger partial charge < -0.3 is 20.7 Å². The third-order valence-electron chi connectivity index (χ3n) is 4.45. The van der Waals surface area contributed by atoms with Crippen molar-refractivity contribution in [2.24, 2.45) is 0 Å². The summed E-state index contributed by atoms with van der Waals surface area (Å²) in [5, 5.41) is 8.01. The maximum atomic E-state index is 13.1. The number of hydrogen-bond acceptors (Lipinski definition) is 4. The molecule has 31 heavy (non-hydrogen) atoms. The van der Waals surface area contributed by atoms with Crippen LogP contribution in [0.5, 0.6) is 0 Å². The van der Waals surface area contributed by atoms with Crippen molar-refractivity contribution in [3.63, 3.8) is 0 Å². The molecule has 3 N–H and O–H groups in total. The molecule has 0 radical (unpaired) electrons. The van der Waals surface area contributed by atoms with E-state index < -0.39 is 29.7 Å². The molecule has 0 aliphatic rings. The molecule has 0 aromatic heterocycles. The molecule has 2 aromatic rings. The van der Waals surface area contributed by atoms with E-state index in [1.165, 1.54) is 7.05 Å². The summed E-state index contributed by atoms with van der Waals surface area (Å²) in [6.07, 6.45) is -0.0998. The summed E-state index contributed by atoms with van der Waals surface area (Å²) in [6, 6.07) is 17.1. The zero-order chi connectivity index (χ0) is 22.9. The van der Waals surface area contributed by atoms with E-state index in [9.17, 15) is 14.4 Å². The van der Waals surface area contributed by atoms with Gasteiger partial charge in [0.05, 0.1) is 0 Å². The molecule has 0 aliphatic carbocycles. The van der Waals surface area contributed by atoms with E-state index in [1.54, 1.807) is 20.8 Å². The number of carbonyl (C=O) groups is 3. The molecule has 0 fully saturated rings. The highest BCUT2D eigenvalue weighted by atomic mass is 16.6. The summed E-state index contributed by atoms with van der Waals surface area (Å²) in [7, 11) is 1.52. The van der Waals surface area contributed by atoms with Crippen molar-refractivity contribution in [2.75, 3.05) is 7.05 Å². The highest BCUT2D eigenvalue weighted by Gasteiger charge is 2.28. The largest absolute Gasteiger partial charge is 0.444 e. The van der Waals surface area contributed by atoms with Gasteiger partial charge >= 0.3 is 6.09 Å². The number of nitrogens with one attached hydrogen (secondary N) is 3. The summed E-state index contributed by atoms with van der Waals surface area (Å²) >= 11 is 0. The second-order valence-corrected chi connectivity index (χ2v) is 8.25. The fourth-order valence-corrected chi connectivity index (χ4v) is 3.01. The monoisotopic (exact) mass is 425 g/mol. The van der Waals surface area contributed by atoms with Gasteiger partial charge in [0.25, 0.3) is 0 Å². The number of rotatable bonds is 8. The van der Waals surface area contributed by atoms with Crippen LogP contribution < -0.4 is 16.0 Å². The molecular formula is C24H31N3O4. The van der Waals surface area contributed by atoms with Crippen LogP contribution in [-0.2, 0) is 27.2 Å². The van der Waals surface area contributed by atoms with Crippen LogP contribution in [0.4, 0.5) is 4.79 Å². The Morgan fingerprint density at radius 3 is 1.65 bits per heavy atom. The Morgan fingerprint density at radius 2 is 1.23 bits per heavy atom. The number of benzene rings is 2. The lowest BCUT2D eigenvalue weighted by Crippen LogP contribution is -2.55. The number of hydrogen-bond donors (Lipinski definition) is 3. The molecular weight excluding hydrogens is 394 g/mol. The van der Waals surface area contributed by atoms with Gasteiger partial charge in [-0.25, -0.2) is 4.79 Å². The van der Waals surface area contributed by atoms with E-state index in [0.717, 1.165) is 11.1 Å². The molecule has 0 unspecified atom stereocenters. The minimum absolute atomic E-state index is 0.262. The molecule has 7 nitrogen and oxygen atoms in total. The Morgan fingerprint density at radius 1 is 0.774 bits per heavy atom. The Balaban J connectivity index is 2.17. The van der Waals surface area contributed by atoms with E-state index in [-0.39, 0.29) is 12.3 Å². The molecule has 0 aliphatic heterocycles. The first-order valence-corrected chi connectivity index (χ1v) is 10.3. The lowest BCUT2D eigenvalue weighted by atomic mass is 10.0. The van der Waals surface area contributed by atoms with Crippen molar-refractivity contribution < 1.29 is 19.1 Å². The van der Waals surface area contributed by atoms with Gasteiger partial charge in [-0.15, -0.1) is 0 Å². The predicted octanol–water partition coefficient (Wildman–Crippen LogP) is 2.60.